The van der Waals surface area contributed by atoms with E-state index >= 15 is 0 Å². The first-order valence-corrected chi connectivity index (χ1v) is 7.82. The van der Waals surface area contributed by atoms with Crippen molar-refractivity contribution in [1.82, 2.24) is 10.2 Å². The number of thiophene rings is 1. The normalized spacial score (nSPS) is 17.9. The summed E-state index contributed by atoms with van der Waals surface area (Å²) in [5.74, 6) is 0.705. The SMILES string of the molecule is Cc1cc([C@H](C)NC(=O)N(C)[C@H](C)C2CC2)c(C)s1. The van der Waals surface area contributed by atoms with E-state index in [9.17, 15) is 4.79 Å². The Morgan fingerprint density at radius 2 is 2.05 bits per heavy atom. The Morgan fingerprint density at radius 1 is 1.42 bits per heavy atom. The topological polar surface area (TPSA) is 32.3 Å². The highest BCUT2D eigenvalue weighted by Crippen LogP contribution is 2.34. The van der Waals surface area contributed by atoms with Gasteiger partial charge in [-0.1, -0.05) is 0 Å². The van der Waals surface area contributed by atoms with E-state index in [0.29, 0.717) is 12.0 Å². The first-order valence-electron chi connectivity index (χ1n) is 7.00. The van der Waals surface area contributed by atoms with Crippen LogP contribution in [0.15, 0.2) is 6.07 Å². The van der Waals surface area contributed by atoms with E-state index in [1.807, 2.05) is 11.9 Å². The van der Waals surface area contributed by atoms with Crippen LogP contribution in [0.1, 0.15) is 48.0 Å². The largest absolute Gasteiger partial charge is 0.331 e. The number of urea groups is 1. The maximum Gasteiger partial charge on any atom is 0.317 e. The Bertz CT molecular complexity index is 465. The Hall–Kier alpha value is -1.03. The number of aryl methyl sites for hydroxylation is 2. The molecule has 4 heteroatoms. The summed E-state index contributed by atoms with van der Waals surface area (Å²) < 4.78 is 0. The van der Waals surface area contributed by atoms with Gasteiger partial charge in [-0.3, -0.25) is 0 Å². The molecular weight excluding hydrogens is 256 g/mol. The van der Waals surface area contributed by atoms with Gasteiger partial charge >= 0.3 is 6.03 Å². The third-order valence-corrected chi connectivity index (χ3v) is 5.10. The van der Waals surface area contributed by atoms with Crippen molar-refractivity contribution in [3.8, 4) is 0 Å². The Kier molecular flexibility index (Phi) is 4.19. The Morgan fingerprint density at radius 3 is 2.53 bits per heavy atom. The van der Waals surface area contributed by atoms with Crippen LogP contribution in [0.2, 0.25) is 0 Å². The minimum atomic E-state index is 0.0372. The molecule has 1 aliphatic carbocycles. The second-order valence-electron chi connectivity index (χ2n) is 5.73. The third kappa shape index (κ3) is 3.30. The van der Waals surface area contributed by atoms with Gasteiger partial charge in [-0.25, -0.2) is 4.79 Å². The van der Waals surface area contributed by atoms with Crippen LogP contribution in [0, 0.1) is 19.8 Å². The minimum Gasteiger partial charge on any atom is -0.331 e. The van der Waals surface area contributed by atoms with Gasteiger partial charge in [0.25, 0.3) is 0 Å². The van der Waals surface area contributed by atoms with Crippen molar-refractivity contribution in [2.75, 3.05) is 7.05 Å². The van der Waals surface area contributed by atoms with E-state index in [1.165, 1.54) is 28.2 Å². The number of hydrogen-bond acceptors (Lipinski definition) is 2. The fourth-order valence-electron chi connectivity index (χ4n) is 2.52. The molecule has 0 radical (unpaired) electrons. The van der Waals surface area contributed by atoms with Gasteiger partial charge in [-0.15, -0.1) is 11.3 Å². The lowest BCUT2D eigenvalue weighted by Gasteiger charge is -2.27. The van der Waals surface area contributed by atoms with Crippen molar-refractivity contribution in [2.45, 2.75) is 52.6 Å². The van der Waals surface area contributed by atoms with Crippen molar-refractivity contribution in [3.63, 3.8) is 0 Å². The second-order valence-corrected chi connectivity index (χ2v) is 7.19. The summed E-state index contributed by atoms with van der Waals surface area (Å²) in [7, 11) is 1.90. The van der Waals surface area contributed by atoms with Crippen LogP contribution in [0.25, 0.3) is 0 Å². The second kappa shape index (κ2) is 5.53. The highest BCUT2D eigenvalue weighted by molar-refractivity contribution is 7.12. The van der Waals surface area contributed by atoms with Crippen molar-refractivity contribution < 1.29 is 4.79 Å². The number of rotatable bonds is 4. The highest BCUT2D eigenvalue weighted by atomic mass is 32.1. The number of hydrogen-bond donors (Lipinski definition) is 1. The van der Waals surface area contributed by atoms with Gasteiger partial charge in [0, 0.05) is 22.8 Å². The van der Waals surface area contributed by atoms with E-state index in [4.69, 9.17) is 0 Å². The molecule has 3 nitrogen and oxygen atoms in total. The molecule has 1 aromatic rings. The molecule has 1 heterocycles. The minimum absolute atomic E-state index is 0.0372. The summed E-state index contributed by atoms with van der Waals surface area (Å²) in [6.07, 6.45) is 2.52. The summed E-state index contributed by atoms with van der Waals surface area (Å²) in [5.41, 5.74) is 1.24. The maximum atomic E-state index is 12.2. The summed E-state index contributed by atoms with van der Waals surface area (Å²) in [5, 5.41) is 3.11. The van der Waals surface area contributed by atoms with Crippen molar-refractivity contribution in [3.05, 3.63) is 21.4 Å². The van der Waals surface area contributed by atoms with Gasteiger partial charge in [0.15, 0.2) is 0 Å². The van der Waals surface area contributed by atoms with Gasteiger partial charge in [0.2, 0.25) is 0 Å². The third-order valence-electron chi connectivity index (χ3n) is 4.12. The molecule has 1 aliphatic rings. The molecule has 2 rings (SSSR count). The highest BCUT2D eigenvalue weighted by Gasteiger charge is 2.32. The summed E-state index contributed by atoms with van der Waals surface area (Å²) >= 11 is 1.79. The molecule has 0 bridgehead atoms. The van der Waals surface area contributed by atoms with E-state index in [0.717, 1.165) is 0 Å². The van der Waals surface area contributed by atoms with Crippen molar-refractivity contribution >= 4 is 17.4 Å². The summed E-state index contributed by atoms with van der Waals surface area (Å²) in [6, 6.07) is 2.63. The fourth-order valence-corrected chi connectivity index (χ4v) is 3.55. The van der Waals surface area contributed by atoms with Gasteiger partial charge < -0.3 is 10.2 Å². The molecule has 0 aromatic carbocycles. The molecule has 2 amide bonds. The lowest BCUT2D eigenvalue weighted by atomic mass is 10.1. The van der Waals surface area contributed by atoms with Crippen LogP contribution < -0.4 is 5.32 Å². The lowest BCUT2D eigenvalue weighted by Crippen LogP contribution is -2.44. The first kappa shape index (κ1) is 14.4. The van der Waals surface area contributed by atoms with Gasteiger partial charge in [-0.05, 0) is 58.1 Å². The molecule has 1 saturated carbocycles. The summed E-state index contributed by atoms with van der Waals surface area (Å²) in [6.45, 7) is 8.42. The van der Waals surface area contributed by atoms with Crippen molar-refractivity contribution in [1.29, 1.82) is 0 Å². The Labute approximate surface area is 120 Å². The van der Waals surface area contributed by atoms with Crippen LogP contribution in [-0.2, 0) is 0 Å². The van der Waals surface area contributed by atoms with E-state index in [1.54, 1.807) is 11.3 Å². The molecule has 0 aliphatic heterocycles. The quantitative estimate of drug-likeness (QED) is 0.892. The molecule has 1 N–H and O–H groups in total. The molecule has 19 heavy (non-hydrogen) atoms. The summed E-state index contributed by atoms with van der Waals surface area (Å²) in [4.78, 5) is 16.7. The zero-order valence-electron chi connectivity index (χ0n) is 12.5. The molecule has 0 spiro atoms. The van der Waals surface area contributed by atoms with E-state index < -0.39 is 0 Å². The number of carbonyl (C=O) groups is 1. The van der Waals surface area contributed by atoms with Crippen molar-refractivity contribution in [2.24, 2.45) is 5.92 Å². The molecule has 0 saturated heterocycles. The molecule has 1 fully saturated rings. The average molecular weight is 280 g/mol. The molecule has 0 unspecified atom stereocenters. The lowest BCUT2D eigenvalue weighted by molar-refractivity contribution is 0.185. The van der Waals surface area contributed by atoms with Crippen LogP contribution in [-0.4, -0.2) is 24.0 Å². The Balaban J connectivity index is 1.96. The monoisotopic (exact) mass is 280 g/mol. The number of nitrogens with one attached hydrogen (secondary N) is 1. The standard InChI is InChI=1S/C15H24N2OS/c1-9-8-14(12(4)19-9)10(2)16-15(18)17(5)11(3)13-6-7-13/h8,10-11,13H,6-7H2,1-5H3,(H,16,18)/t10-,11+/m0/s1. The van der Waals surface area contributed by atoms with Crippen LogP contribution in [0.5, 0.6) is 0 Å². The van der Waals surface area contributed by atoms with E-state index in [2.05, 4.69) is 39.1 Å². The van der Waals surface area contributed by atoms with Gasteiger partial charge in [-0.2, -0.15) is 0 Å². The van der Waals surface area contributed by atoms with Gasteiger partial charge in [0.05, 0.1) is 6.04 Å². The number of carbonyl (C=O) groups excluding carboxylic acids is 1. The van der Waals surface area contributed by atoms with Crippen LogP contribution in [0.4, 0.5) is 4.79 Å². The zero-order valence-corrected chi connectivity index (χ0v) is 13.3. The zero-order chi connectivity index (χ0) is 14.2. The molecule has 2 atom stereocenters. The average Bonchev–Trinajstić information content (AvgIpc) is 3.13. The number of amides is 2. The van der Waals surface area contributed by atoms with Crippen LogP contribution in [0.3, 0.4) is 0 Å². The smallest absolute Gasteiger partial charge is 0.317 e. The first-order chi connectivity index (χ1) is 8.90. The molecule has 106 valence electrons. The molecular formula is C15H24N2OS. The van der Waals surface area contributed by atoms with Crippen LogP contribution >= 0.6 is 11.3 Å². The predicted octanol–water partition coefficient (Wildman–Crippen LogP) is 3.87. The maximum absolute atomic E-state index is 12.2. The number of nitrogens with zero attached hydrogens (tertiary/aromatic N) is 1. The van der Waals surface area contributed by atoms with E-state index in [-0.39, 0.29) is 12.1 Å². The van der Waals surface area contributed by atoms with Gasteiger partial charge in [0.1, 0.15) is 0 Å². The predicted molar refractivity (Wildman–Crippen MR) is 80.7 cm³/mol. The molecule has 1 aromatic heterocycles. The fraction of sp³-hybridized carbons (Fsp3) is 0.667.